The summed E-state index contributed by atoms with van der Waals surface area (Å²) in [4.78, 5) is 21.0. The summed E-state index contributed by atoms with van der Waals surface area (Å²) in [6, 6.07) is 6.64. The molecule has 4 nitrogen and oxygen atoms in total. The highest BCUT2D eigenvalue weighted by atomic mass is 16.6. The number of para-hydroxylation sites is 1. The van der Waals surface area contributed by atoms with Crippen LogP contribution in [0.2, 0.25) is 0 Å². The third-order valence-corrected chi connectivity index (χ3v) is 2.16. The van der Waals surface area contributed by atoms with Gasteiger partial charge in [0.1, 0.15) is 5.78 Å². The lowest BCUT2D eigenvalue weighted by molar-refractivity contribution is -0.385. The van der Waals surface area contributed by atoms with E-state index in [0.717, 1.165) is 0 Å². The zero-order chi connectivity index (χ0) is 11.3. The van der Waals surface area contributed by atoms with Crippen molar-refractivity contribution < 1.29 is 9.72 Å². The topological polar surface area (TPSA) is 60.2 Å². The SMILES string of the molecule is CC(=O)CCCc1ccccc1[N+](=O)[O-]. The van der Waals surface area contributed by atoms with Crippen molar-refractivity contribution in [3.05, 3.63) is 39.9 Å². The van der Waals surface area contributed by atoms with Gasteiger partial charge in [-0.15, -0.1) is 0 Å². The molecule has 0 bridgehead atoms. The molecule has 1 aromatic rings. The molecule has 0 aliphatic carbocycles. The van der Waals surface area contributed by atoms with E-state index in [9.17, 15) is 14.9 Å². The third-order valence-electron chi connectivity index (χ3n) is 2.16. The van der Waals surface area contributed by atoms with Gasteiger partial charge < -0.3 is 4.79 Å². The van der Waals surface area contributed by atoms with Crippen molar-refractivity contribution in [3.8, 4) is 0 Å². The van der Waals surface area contributed by atoms with Gasteiger partial charge in [-0.2, -0.15) is 0 Å². The summed E-state index contributed by atoms with van der Waals surface area (Å²) in [5, 5.41) is 10.7. The molecule has 0 unspecified atom stereocenters. The van der Waals surface area contributed by atoms with Crippen molar-refractivity contribution in [2.24, 2.45) is 0 Å². The number of hydrogen-bond donors (Lipinski definition) is 0. The quantitative estimate of drug-likeness (QED) is 0.550. The molecule has 0 amide bonds. The molecule has 4 heteroatoms. The van der Waals surface area contributed by atoms with Gasteiger partial charge in [-0.25, -0.2) is 0 Å². The molecule has 0 aliphatic heterocycles. The van der Waals surface area contributed by atoms with Gasteiger partial charge in [0.25, 0.3) is 5.69 Å². The van der Waals surface area contributed by atoms with Crippen molar-refractivity contribution in [2.75, 3.05) is 0 Å². The summed E-state index contributed by atoms with van der Waals surface area (Å²) in [5.74, 6) is 0.119. The Bertz CT molecular complexity index is 374. The average Bonchev–Trinajstić information content (AvgIpc) is 2.17. The first-order valence-corrected chi connectivity index (χ1v) is 4.83. The minimum Gasteiger partial charge on any atom is -0.300 e. The molecule has 0 N–H and O–H groups in total. The molecule has 0 aliphatic rings. The smallest absolute Gasteiger partial charge is 0.272 e. The van der Waals surface area contributed by atoms with E-state index in [1.165, 1.54) is 13.0 Å². The molecule has 0 aromatic heterocycles. The van der Waals surface area contributed by atoms with Gasteiger partial charge in [0.15, 0.2) is 0 Å². The van der Waals surface area contributed by atoms with Crippen LogP contribution in [0.1, 0.15) is 25.3 Å². The monoisotopic (exact) mass is 207 g/mol. The molecular weight excluding hydrogens is 194 g/mol. The molecule has 0 heterocycles. The fraction of sp³-hybridized carbons (Fsp3) is 0.364. The highest BCUT2D eigenvalue weighted by Crippen LogP contribution is 2.19. The standard InChI is InChI=1S/C11H13NO3/c1-9(13)5-4-7-10-6-2-3-8-11(10)12(14)15/h2-3,6,8H,4-5,7H2,1H3. The Kier molecular flexibility index (Phi) is 3.97. The Labute approximate surface area is 88.1 Å². The maximum absolute atomic E-state index is 10.7. The summed E-state index contributed by atoms with van der Waals surface area (Å²) >= 11 is 0. The second-order valence-electron chi connectivity index (χ2n) is 3.44. The van der Waals surface area contributed by atoms with E-state index >= 15 is 0 Å². The lowest BCUT2D eigenvalue weighted by atomic mass is 10.1. The summed E-state index contributed by atoms with van der Waals surface area (Å²) in [6.45, 7) is 1.53. The average molecular weight is 207 g/mol. The van der Waals surface area contributed by atoms with Crippen LogP contribution in [0.5, 0.6) is 0 Å². The summed E-state index contributed by atoms with van der Waals surface area (Å²) in [7, 11) is 0. The predicted molar refractivity (Wildman–Crippen MR) is 56.7 cm³/mol. The largest absolute Gasteiger partial charge is 0.300 e. The number of nitro benzene ring substituents is 1. The second kappa shape index (κ2) is 5.24. The van der Waals surface area contributed by atoms with E-state index in [1.54, 1.807) is 18.2 Å². The Hall–Kier alpha value is -1.71. The van der Waals surface area contributed by atoms with Crippen LogP contribution < -0.4 is 0 Å². The van der Waals surface area contributed by atoms with Crippen LogP contribution in [0.3, 0.4) is 0 Å². The number of benzene rings is 1. The van der Waals surface area contributed by atoms with E-state index in [-0.39, 0.29) is 16.4 Å². The molecule has 0 fully saturated rings. The van der Waals surface area contributed by atoms with Crippen LogP contribution in [-0.2, 0) is 11.2 Å². The van der Waals surface area contributed by atoms with E-state index in [4.69, 9.17) is 0 Å². The number of carbonyl (C=O) groups excluding carboxylic acids is 1. The molecule has 0 saturated heterocycles. The Morgan fingerprint density at radius 2 is 2.07 bits per heavy atom. The van der Waals surface area contributed by atoms with Gasteiger partial charge in [-0.3, -0.25) is 10.1 Å². The molecule has 80 valence electrons. The van der Waals surface area contributed by atoms with Crippen molar-refractivity contribution in [2.45, 2.75) is 26.2 Å². The molecule has 15 heavy (non-hydrogen) atoms. The third kappa shape index (κ3) is 3.50. The lowest BCUT2D eigenvalue weighted by Gasteiger charge is -2.01. The van der Waals surface area contributed by atoms with Gasteiger partial charge >= 0.3 is 0 Å². The zero-order valence-electron chi connectivity index (χ0n) is 8.60. The number of carbonyl (C=O) groups is 1. The maximum atomic E-state index is 10.7. The van der Waals surface area contributed by atoms with Crippen molar-refractivity contribution >= 4 is 11.5 Å². The Balaban J connectivity index is 2.67. The number of hydrogen-bond acceptors (Lipinski definition) is 3. The van der Waals surface area contributed by atoms with Crippen molar-refractivity contribution in [1.29, 1.82) is 0 Å². The second-order valence-corrected chi connectivity index (χ2v) is 3.44. The van der Waals surface area contributed by atoms with Crippen LogP contribution in [0.4, 0.5) is 5.69 Å². The molecule has 1 rings (SSSR count). The van der Waals surface area contributed by atoms with E-state index in [1.807, 2.05) is 0 Å². The summed E-state index contributed by atoms with van der Waals surface area (Å²) in [6.07, 6.45) is 1.73. The van der Waals surface area contributed by atoms with E-state index in [2.05, 4.69) is 0 Å². The zero-order valence-corrected chi connectivity index (χ0v) is 8.60. The summed E-state index contributed by atoms with van der Waals surface area (Å²) in [5.41, 5.74) is 0.838. The minimum absolute atomic E-state index is 0.119. The van der Waals surface area contributed by atoms with Gasteiger partial charge in [0.2, 0.25) is 0 Å². The minimum atomic E-state index is -0.386. The van der Waals surface area contributed by atoms with E-state index in [0.29, 0.717) is 24.8 Å². The lowest BCUT2D eigenvalue weighted by Crippen LogP contribution is -1.97. The molecule has 0 spiro atoms. The van der Waals surface area contributed by atoms with Gasteiger partial charge in [-0.1, -0.05) is 18.2 Å². The van der Waals surface area contributed by atoms with Crippen molar-refractivity contribution in [1.82, 2.24) is 0 Å². The normalized spacial score (nSPS) is 9.93. The first kappa shape index (κ1) is 11.4. The van der Waals surface area contributed by atoms with Crippen molar-refractivity contribution in [3.63, 3.8) is 0 Å². The van der Waals surface area contributed by atoms with Crippen LogP contribution in [0.15, 0.2) is 24.3 Å². The van der Waals surface area contributed by atoms with Crippen LogP contribution in [0, 0.1) is 10.1 Å². The molecular formula is C11H13NO3. The van der Waals surface area contributed by atoms with Gasteiger partial charge in [0.05, 0.1) is 4.92 Å². The molecule has 0 radical (unpaired) electrons. The molecule has 1 aromatic carbocycles. The number of ketones is 1. The van der Waals surface area contributed by atoms with Gasteiger partial charge in [0, 0.05) is 18.1 Å². The fourth-order valence-corrected chi connectivity index (χ4v) is 1.43. The number of aryl methyl sites for hydroxylation is 1. The highest BCUT2D eigenvalue weighted by Gasteiger charge is 2.11. The Morgan fingerprint density at radius 3 is 2.67 bits per heavy atom. The molecule has 0 saturated carbocycles. The van der Waals surface area contributed by atoms with Crippen LogP contribution in [-0.4, -0.2) is 10.7 Å². The van der Waals surface area contributed by atoms with Gasteiger partial charge in [-0.05, 0) is 19.8 Å². The molecule has 0 atom stereocenters. The predicted octanol–water partition coefficient (Wildman–Crippen LogP) is 2.51. The number of nitrogens with zero attached hydrogens (tertiary/aromatic N) is 1. The highest BCUT2D eigenvalue weighted by molar-refractivity contribution is 5.75. The fourth-order valence-electron chi connectivity index (χ4n) is 1.43. The number of Topliss-reactive ketones (excluding diaryl/α,β-unsaturated/α-hetero) is 1. The van der Waals surface area contributed by atoms with E-state index < -0.39 is 0 Å². The Morgan fingerprint density at radius 1 is 1.40 bits per heavy atom. The number of nitro groups is 1. The first-order chi connectivity index (χ1) is 7.11. The van der Waals surface area contributed by atoms with Crippen LogP contribution in [0.25, 0.3) is 0 Å². The maximum Gasteiger partial charge on any atom is 0.272 e. The first-order valence-electron chi connectivity index (χ1n) is 4.83. The van der Waals surface area contributed by atoms with Crippen LogP contribution >= 0.6 is 0 Å². The summed E-state index contributed by atoms with van der Waals surface area (Å²) < 4.78 is 0. The number of rotatable bonds is 5.